The molecule has 0 fully saturated rings. The zero-order valence-corrected chi connectivity index (χ0v) is 15.9. The molecule has 2 heterocycles. The lowest BCUT2D eigenvalue weighted by molar-refractivity contribution is 0.601. The fourth-order valence-corrected chi connectivity index (χ4v) is 5.86. The van der Waals surface area contributed by atoms with Gasteiger partial charge in [0.15, 0.2) is 0 Å². The first-order valence-corrected chi connectivity index (χ1v) is 10.6. The van der Waals surface area contributed by atoms with Crippen molar-refractivity contribution in [2.75, 3.05) is 4.72 Å². The number of hydrogen-bond acceptors (Lipinski definition) is 4. The molecule has 2 aromatic heterocycles. The number of rotatable bonds is 4. The van der Waals surface area contributed by atoms with Crippen LogP contribution in [0.15, 0.2) is 45.3 Å². The van der Waals surface area contributed by atoms with Gasteiger partial charge in [-0.05, 0) is 29.6 Å². The van der Waals surface area contributed by atoms with Crippen LogP contribution in [0, 0.1) is 0 Å². The molecule has 0 radical (unpaired) electrons. The molecule has 0 aliphatic carbocycles. The average molecular weight is 425 g/mol. The van der Waals surface area contributed by atoms with Crippen LogP contribution in [0.2, 0.25) is 15.1 Å². The van der Waals surface area contributed by atoms with E-state index in [2.05, 4.69) is 4.72 Å². The fraction of sp³-hybridized carbons (Fsp3) is 0. The Morgan fingerprint density at radius 3 is 2.48 bits per heavy atom. The van der Waals surface area contributed by atoms with Crippen molar-refractivity contribution in [1.82, 2.24) is 0 Å². The highest BCUT2D eigenvalue weighted by molar-refractivity contribution is 7.92. The van der Waals surface area contributed by atoms with Crippen LogP contribution in [0.3, 0.4) is 0 Å². The number of nitrogens with one attached hydrogen (secondary N) is 1. The Hall–Kier alpha value is -0.760. The van der Waals surface area contributed by atoms with Crippen molar-refractivity contribution in [1.29, 1.82) is 0 Å². The number of halogens is 3. The highest BCUT2D eigenvalue weighted by Crippen LogP contribution is 2.40. The molecule has 3 rings (SSSR count). The van der Waals surface area contributed by atoms with Crippen LogP contribution in [-0.2, 0) is 10.0 Å². The van der Waals surface area contributed by atoms with Crippen molar-refractivity contribution in [3.8, 4) is 10.4 Å². The van der Waals surface area contributed by atoms with Crippen molar-refractivity contribution < 1.29 is 8.42 Å². The maximum absolute atomic E-state index is 12.6. The molecule has 0 aliphatic heterocycles. The molecule has 1 N–H and O–H groups in total. The number of anilines is 1. The maximum atomic E-state index is 12.6. The highest BCUT2D eigenvalue weighted by Gasteiger charge is 2.21. The van der Waals surface area contributed by atoms with E-state index in [1.165, 1.54) is 40.9 Å². The Balaban J connectivity index is 2.01. The van der Waals surface area contributed by atoms with Gasteiger partial charge in [0, 0.05) is 21.3 Å². The van der Waals surface area contributed by atoms with E-state index in [0.717, 1.165) is 10.4 Å². The summed E-state index contributed by atoms with van der Waals surface area (Å²) >= 11 is 20.8. The van der Waals surface area contributed by atoms with Gasteiger partial charge < -0.3 is 0 Å². The Morgan fingerprint density at radius 1 is 1.00 bits per heavy atom. The normalized spacial score (nSPS) is 11.6. The lowest BCUT2D eigenvalue weighted by atomic mass is 10.2. The van der Waals surface area contributed by atoms with Crippen LogP contribution in [0.5, 0.6) is 0 Å². The second-order valence-corrected chi connectivity index (χ2v) is 9.04. The molecule has 3 aromatic rings. The standard InChI is InChI=1S/C14H8Cl3NO2S3/c15-8-1-2-10(16)13(5-8)23(19,20)18-12-7-21-6-9(12)14-11(17)3-4-22-14/h1-7,18H. The first kappa shape index (κ1) is 17.1. The molecule has 0 aliphatic rings. The molecule has 0 spiro atoms. The molecule has 23 heavy (non-hydrogen) atoms. The van der Waals surface area contributed by atoms with Gasteiger partial charge in [0.05, 0.1) is 20.6 Å². The Bertz CT molecular complexity index is 963. The van der Waals surface area contributed by atoms with Crippen molar-refractivity contribution in [2.24, 2.45) is 0 Å². The molecule has 0 unspecified atom stereocenters. The molecule has 0 atom stereocenters. The third-order valence-corrected chi connectivity index (χ3v) is 7.15. The van der Waals surface area contributed by atoms with Gasteiger partial charge in [0.2, 0.25) is 0 Å². The summed E-state index contributed by atoms with van der Waals surface area (Å²) in [5, 5.41) is 6.38. The van der Waals surface area contributed by atoms with Crippen molar-refractivity contribution >= 4 is 73.2 Å². The van der Waals surface area contributed by atoms with Gasteiger partial charge in [-0.3, -0.25) is 4.72 Å². The molecule has 1 aromatic carbocycles. The van der Waals surface area contributed by atoms with E-state index >= 15 is 0 Å². The van der Waals surface area contributed by atoms with E-state index in [0.29, 0.717) is 15.7 Å². The molecular weight excluding hydrogens is 417 g/mol. The minimum Gasteiger partial charge on any atom is -0.278 e. The topological polar surface area (TPSA) is 46.2 Å². The van der Waals surface area contributed by atoms with Crippen LogP contribution in [0.4, 0.5) is 5.69 Å². The molecule has 120 valence electrons. The lowest BCUT2D eigenvalue weighted by Gasteiger charge is -2.10. The number of hydrogen-bond donors (Lipinski definition) is 1. The van der Waals surface area contributed by atoms with E-state index in [-0.39, 0.29) is 9.92 Å². The van der Waals surface area contributed by atoms with E-state index in [1.807, 2.05) is 10.8 Å². The van der Waals surface area contributed by atoms with Gasteiger partial charge >= 0.3 is 0 Å². The zero-order chi connectivity index (χ0) is 16.6. The van der Waals surface area contributed by atoms with E-state index < -0.39 is 10.0 Å². The minimum absolute atomic E-state index is 0.0684. The summed E-state index contributed by atoms with van der Waals surface area (Å²) in [6.45, 7) is 0. The predicted molar refractivity (Wildman–Crippen MR) is 99.9 cm³/mol. The summed E-state index contributed by atoms with van der Waals surface area (Å²) in [5.41, 5.74) is 1.19. The molecule has 9 heteroatoms. The third kappa shape index (κ3) is 3.52. The molecule has 0 amide bonds. The zero-order valence-electron chi connectivity index (χ0n) is 11.2. The largest absolute Gasteiger partial charge is 0.278 e. The summed E-state index contributed by atoms with van der Waals surface area (Å²) in [7, 11) is -3.86. The van der Waals surface area contributed by atoms with Crippen LogP contribution in [-0.4, -0.2) is 8.42 Å². The average Bonchev–Trinajstić information content (AvgIpc) is 3.09. The summed E-state index contributed by atoms with van der Waals surface area (Å²) in [4.78, 5) is 0.740. The first-order chi connectivity index (χ1) is 10.9. The Labute approximate surface area is 156 Å². The van der Waals surface area contributed by atoms with Crippen molar-refractivity contribution in [3.63, 3.8) is 0 Å². The minimum atomic E-state index is -3.86. The van der Waals surface area contributed by atoms with Crippen LogP contribution >= 0.6 is 57.5 Å². The van der Waals surface area contributed by atoms with Gasteiger partial charge in [-0.2, -0.15) is 0 Å². The van der Waals surface area contributed by atoms with Crippen LogP contribution in [0.1, 0.15) is 0 Å². The molecule has 0 saturated heterocycles. The van der Waals surface area contributed by atoms with Crippen LogP contribution in [0.25, 0.3) is 10.4 Å². The van der Waals surface area contributed by atoms with Gasteiger partial charge in [0.1, 0.15) is 4.90 Å². The highest BCUT2D eigenvalue weighted by atomic mass is 35.5. The van der Waals surface area contributed by atoms with E-state index in [9.17, 15) is 8.42 Å². The second-order valence-electron chi connectivity index (χ2n) is 4.48. The smallest absolute Gasteiger partial charge is 0.263 e. The Kier molecular flexibility index (Phi) is 4.92. The summed E-state index contributed by atoms with van der Waals surface area (Å²) in [5.74, 6) is 0. The molecular formula is C14H8Cl3NO2S3. The number of sulfonamides is 1. The van der Waals surface area contributed by atoms with Gasteiger partial charge in [-0.1, -0.05) is 34.8 Å². The SMILES string of the molecule is O=S(=O)(Nc1cscc1-c1sccc1Cl)c1cc(Cl)ccc1Cl. The number of benzene rings is 1. The molecule has 0 saturated carbocycles. The predicted octanol–water partition coefficient (Wildman–Crippen LogP) is 6.24. The molecule has 3 nitrogen and oxygen atoms in total. The summed E-state index contributed by atoms with van der Waals surface area (Å²) in [6.07, 6.45) is 0. The van der Waals surface area contributed by atoms with Gasteiger partial charge in [0.25, 0.3) is 10.0 Å². The molecule has 0 bridgehead atoms. The summed E-state index contributed by atoms with van der Waals surface area (Å²) in [6, 6.07) is 6.06. The van der Waals surface area contributed by atoms with Crippen molar-refractivity contribution in [2.45, 2.75) is 4.90 Å². The number of thiophene rings is 2. The monoisotopic (exact) mass is 423 g/mol. The van der Waals surface area contributed by atoms with Crippen molar-refractivity contribution in [3.05, 3.63) is 55.5 Å². The maximum Gasteiger partial charge on any atom is 0.263 e. The fourth-order valence-electron chi connectivity index (χ4n) is 1.92. The lowest BCUT2D eigenvalue weighted by Crippen LogP contribution is -2.13. The second kappa shape index (κ2) is 6.63. The first-order valence-electron chi connectivity index (χ1n) is 6.16. The van der Waals surface area contributed by atoms with Gasteiger partial charge in [-0.25, -0.2) is 8.42 Å². The van der Waals surface area contributed by atoms with Gasteiger partial charge in [-0.15, -0.1) is 22.7 Å². The van der Waals surface area contributed by atoms with E-state index in [4.69, 9.17) is 34.8 Å². The summed E-state index contributed by atoms with van der Waals surface area (Å²) < 4.78 is 27.8. The van der Waals surface area contributed by atoms with E-state index in [1.54, 1.807) is 11.4 Å². The van der Waals surface area contributed by atoms with Crippen LogP contribution < -0.4 is 4.72 Å². The Morgan fingerprint density at radius 2 is 1.78 bits per heavy atom. The third-order valence-electron chi connectivity index (χ3n) is 2.95. The quantitative estimate of drug-likeness (QED) is 0.539.